The minimum Gasteiger partial charge on any atom is -0.472 e. The molecule has 1 aromatic heterocycles. The van der Waals surface area contributed by atoms with Crippen LogP contribution in [-0.4, -0.2) is 18.5 Å². The number of rotatable bonds is 8. The molecule has 0 saturated heterocycles. The zero-order chi connectivity index (χ0) is 21.1. The highest BCUT2D eigenvalue weighted by Gasteiger charge is 2.46. The number of benzene rings is 2. The third kappa shape index (κ3) is 4.65. The molecule has 1 fully saturated rings. The summed E-state index contributed by atoms with van der Waals surface area (Å²) in [6.07, 6.45) is 5.20. The van der Waals surface area contributed by atoms with Gasteiger partial charge in [-0.15, -0.1) is 0 Å². The first-order valence-corrected chi connectivity index (χ1v) is 10.8. The summed E-state index contributed by atoms with van der Waals surface area (Å²) in [7, 11) is 0. The molecule has 1 saturated carbocycles. The number of anilines is 1. The highest BCUT2D eigenvalue weighted by Crippen LogP contribution is 2.48. The molecule has 4 heteroatoms. The molecule has 0 radical (unpaired) electrons. The fraction of sp³-hybridized carbons (Fsp3) is 0.346. The van der Waals surface area contributed by atoms with Crippen molar-refractivity contribution in [1.82, 2.24) is 0 Å². The minimum absolute atomic E-state index is 0.0344. The SMILES string of the molecule is CC(C)C[C@H](N)CN(C(=O)[C@@H]1C[C@H]1c1ccccc1)c1ccc(-c2ccoc2)cc1. The van der Waals surface area contributed by atoms with Crippen molar-refractivity contribution in [2.24, 2.45) is 17.6 Å². The summed E-state index contributed by atoms with van der Waals surface area (Å²) in [4.78, 5) is 15.4. The molecule has 3 aromatic rings. The van der Waals surface area contributed by atoms with Crippen molar-refractivity contribution in [2.45, 2.75) is 38.6 Å². The van der Waals surface area contributed by atoms with Gasteiger partial charge in [0, 0.05) is 29.8 Å². The molecule has 4 nitrogen and oxygen atoms in total. The molecule has 1 amide bonds. The van der Waals surface area contributed by atoms with Crippen LogP contribution in [0.5, 0.6) is 0 Å². The van der Waals surface area contributed by atoms with E-state index in [2.05, 4.69) is 26.0 Å². The van der Waals surface area contributed by atoms with Crippen molar-refractivity contribution >= 4 is 11.6 Å². The maximum absolute atomic E-state index is 13.5. The molecule has 156 valence electrons. The van der Waals surface area contributed by atoms with Crippen LogP contribution < -0.4 is 10.6 Å². The Morgan fingerprint density at radius 2 is 1.80 bits per heavy atom. The van der Waals surface area contributed by atoms with Gasteiger partial charge in [-0.25, -0.2) is 0 Å². The Bertz CT molecular complexity index is 948. The quantitative estimate of drug-likeness (QED) is 0.544. The van der Waals surface area contributed by atoms with Crippen LogP contribution in [0.25, 0.3) is 11.1 Å². The lowest BCUT2D eigenvalue weighted by Crippen LogP contribution is -2.42. The van der Waals surface area contributed by atoms with Crippen LogP contribution in [-0.2, 0) is 4.79 Å². The second-order valence-electron chi connectivity index (χ2n) is 8.76. The van der Waals surface area contributed by atoms with E-state index in [9.17, 15) is 4.79 Å². The highest BCUT2D eigenvalue weighted by molar-refractivity contribution is 5.97. The van der Waals surface area contributed by atoms with Crippen molar-refractivity contribution in [3.05, 3.63) is 78.8 Å². The van der Waals surface area contributed by atoms with E-state index in [1.807, 2.05) is 53.4 Å². The number of amides is 1. The fourth-order valence-electron chi connectivity index (χ4n) is 4.24. The van der Waals surface area contributed by atoms with Crippen molar-refractivity contribution in [1.29, 1.82) is 0 Å². The Morgan fingerprint density at radius 3 is 2.43 bits per heavy atom. The van der Waals surface area contributed by atoms with E-state index < -0.39 is 0 Å². The Kier molecular flexibility index (Phi) is 6.05. The average molecular weight is 403 g/mol. The fourth-order valence-corrected chi connectivity index (χ4v) is 4.24. The summed E-state index contributed by atoms with van der Waals surface area (Å²) < 4.78 is 5.19. The third-order valence-electron chi connectivity index (χ3n) is 5.83. The standard InChI is InChI=1S/C26H30N2O2/c1-18(2)14-22(27)16-28(23-10-8-19(9-11-23)21-12-13-30-17-21)26(29)25-15-24(25)20-6-4-3-5-7-20/h3-13,17-18,22,24-25H,14-16,27H2,1-2H3/t22-,24-,25+/m0/s1. The molecule has 0 spiro atoms. The van der Waals surface area contributed by atoms with Crippen molar-refractivity contribution in [2.75, 3.05) is 11.4 Å². The van der Waals surface area contributed by atoms with E-state index in [1.165, 1.54) is 5.56 Å². The van der Waals surface area contributed by atoms with E-state index in [0.717, 1.165) is 29.7 Å². The number of carbonyl (C=O) groups is 1. The molecule has 1 heterocycles. The summed E-state index contributed by atoms with van der Waals surface area (Å²) in [5, 5.41) is 0. The summed E-state index contributed by atoms with van der Waals surface area (Å²) >= 11 is 0. The molecule has 0 unspecified atom stereocenters. The molecule has 2 aromatic carbocycles. The lowest BCUT2D eigenvalue weighted by molar-refractivity contribution is -0.120. The molecule has 0 bridgehead atoms. The zero-order valence-electron chi connectivity index (χ0n) is 17.7. The molecule has 4 rings (SSSR count). The monoisotopic (exact) mass is 402 g/mol. The van der Waals surface area contributed by atoms with Crippen molar-refractivity contribution in [3.8, 4) is 11.1 Å². The average Bonchev–Trinajstić information content (AvgIpc) is 3.36. The van der Waals surface area contributed by atoms with Gasteiger partial charge in [0.2, 0.25) is 5.91 Å². The van der Waals surface area contributed by atoms with Gasteiger partial charge in [-0.3, -0.25) is 4.79 Å². The zero-order valence-corrected chi connectivity index (χ0v) is 17.7. The van der Waals surface area contributed by atoms with Crippen molar-refractivity contribution in [3.63, 3.8) is 0 Å². The first-order valence-electron chi connectivity index (χ1n) is 10.8. The Hall–Kier alpha value is -2.85. The topological polar surface area (TPSA) is 59.5 Å². The number of hydrogen-bond donors (Lipinski definition) is 1. The third-order valence-corrected chi connectivity index (χ3v) is 5.83. The number of hydrogen-bond acceptors (Lipinski definition) is 3. The molecule has 3 atom stereocenters. The van der Waals surface area contributed by atoms with Gasteiger partial charge in [0.25, 0.3) is 0 Å². The summed E-state index contributed by atoms with van der Waals surface area (Å²) in [5.41, 5.74) is 10.7. The normalized spacial score (nSPS) is 18.9. The molecule has 1 aliphatic rings. The van der Waals surface area contributed by atoms with Crippen LogP contribution in [0.2, 0.25) is 0 Å². The van der Waals surface area contributed by atoms with Crippen molar-refractivity contribution < 1.29 is 9.21 Å². The minimum atomic E-state index is -0.0450. The summed E-state index contributed by atoms with van der Waals surface area (Å²) in [6, 6.07) is 20.3. The predicted octanol–water partition coefficient (Wildman–Crippen LogP) is 5.46. The number of furan rings is 1. The predicted molar refractivity (Wildman–Crippen MR) is 121 cm³/mol. The number of carbonyl (C=O) groups excluding carboxylic acids is 1. The second-order valence-corrected chi connectivity index (χ2v) is 8.76. The lowest BCUT2D eigenvalue weighted by atomic mass is 10.0. The van der Waals surface area contributed by atoms with Crippen LogP contribution in [0.3, 0.4) is 0 Å². The maximum Gasteiger partial charge on any atom is 0.230 e. The Morgan fingerprint density at radius 1 is 1.07 bits per heavy atom. The molecule has 0 aliphatic heterocycles. The van der Waals surface area contributed by atoms with Gasteiger partial charge in [0.05, 0.1) is 12.5 Å². The molecular weight excluding hydrogens is 372 g/mol. The van der Waals surface area contributed by atoms with Gasteiger partial charge in [0.15, 0.2) is 0 Å². The van der Waals surface area contributed by atoms with E-state index in [4.69, 9.17) is 10.2 Å². The van der Waals surface area contributed by atoms with Gasteiger partial charge in [0.1, 0.15) is 0 Å². The van der Waals surface area contributed by atoms with Gasteiger partial charge in [-0.05, 0) is 54.0 Å². The first-order chi connectivity index (χ1) is 14.5. The van der Waals surface area contributed by atoms with Crippen LogP contribution >= 0.6 is 0 Å². The summed E-state index contributed by atoms with van der Waals surface area (Å²) in [5.74, 6) is 1.03. The molecule has 2 N–H and O–H groups in total. The second kappa shape index (κ2) is 8.88. The maximum atomic E-state index is 13.5. The number of nitrogens with two attached hydrogens (primary N) is 1. The van der Waals surface area contributed by atoms with Crippen LogP contribution in [0.15, 0.2) is 77.6 Å². The van der Waals surface area contributed by atoms with E-state index in [-0.39, 0.29) is 17.9 Å². The lowest BCUT2D eigenvalue weighted by Gasteiger charge is -2.27. The Balaban J connectivity index is 1.54. The highest BCUT2D eigenvalue weighted by atomic mass is 16.3. The van der Waals surface area contributed by atoms with Gasteiger partial charge in [-0.2, -0.15) is 0 Å². The van der Waals surface area contributed by atoms with Crippen LogP contribution in [0.4, 0.5) is 5.69 Å². The van der Waals surface area contributed by atoms with Gasteiger partial charge >= 0.3 is 0 Å². The van der Waals surface area contributed by atoms with Gasteiger partial charge < -0.3 is 15.1 Å². The van der Waals surface area contributed by atoms with Crippen LogP contribution in [0, 0.1) is 11.8 Å². The van der Waals surface area contributed by atoms with E-state index >= 15 is 0 Å². The number of nitrogens with zero attached hydrogens (tertiary/aromatic N) is 1. The van der Waals surface area contributed by atoms with E-state index in [1.54, 1.807) is 12.5 Å². The largest absolute Gasteiger partial charge is 0.472 e. The molecular formula is C26H30N2O2. The van der Waals surface area contributed by atoms with Crippen LogP contribution in [0.1, 0.15) is 38.2 Å². The molecule has 30 heavy (non-hydrogen) atoms. The smallest absolute Gasteiger partial charge is 0.230 e. The Labute approximate surface area is 178 Å². The summed E-state index contributed by atoms with van der Waals surface area (Å²) in [6.45, 7) is 4.87. The van der Waals surface area contributed by atoms with Gasteiger partial charge in [-0.1, -0.05) is 56.3 Å². The molecule has 1 aliphatic carbocycles. The van der Waals surface area contributed by atoms with E-state index in [0.29, 0.717) is 18.4 Å². The first kappa shape index (κ1) is 20.4.